The number of aliphatic hydroxyl groups is 2. The van der Waals surface area contributed by atoms with Gasteiger partial charge in [-0.05, 0) is 36.4 Å². The van der Waals surface area contributed by atoms with E-state index in [0.29, 0.717) is 31.1 Å². The first kappa shape index (κ1) is 14.4. The highest BCUT2D eigenvalue weighted by Crippen LogP contribution is 2.34. The standard InChI is InChI=1S/C14H12O5S2/c15-7-9-1-5-13(20(9)17)11-3-4-12(19-11)14-6-2-10(8-16)21(14)18/h1-6,15-16H,7-8H2. The zero-order valence-electron chi connectivity index (χ0n) is 10.8. The Balaban J connectivity index is 1.84. The third-order valence-corrected chi connectivity index (χ3v) is 6.08. The van der Waals surface area contributed by atoms with E-state index in [2.05, 4.69) is 0 Å². The van der Waals surface area contributed by atoms with E-state index in [1.54, 1.807) is 36.4 Å². The summed E-state index contributed by atoms with van der Waals surface area (Å²) in [5.41, 5.74) is 0. The summed E-state index contributed by atoms with van der Waals surface area (Å²) in [6.07, 6.45) is 6.49. The molecular formula is C14H12O5S2. The molecule has 1 aromatic heterocycles. The lowest BCUT2D eigenvalue weighted by Gasteiger charge is -2.02. The van der Waals surface area contributed by atoms with Crippen LogP contribution >= 0.6 is 0 Å². The van der Waals surface area contributed by atoms with Crippen molar-refractivity contribution in [3.8, 4) is 0 Å². The van der Waals surface area contributed by atoms with Crippen LogP contribution in [-0.4, -0.2) is 31.8 Å². The Morgan fingerprint density at radius 1 is 0.810 bits per heavy atom. The Morgan fingerprint density at radius 3 is 1.57 bits per heavy atom. The lowest BCUT2D eigenvalue weighted by molar-refractivity contribution is 0.338. The molecule has 2 unspecified atom stereocenters. The molecule has 2 aliphatic rings. The smallest absolute Gasteiger partial charge is 0.144 e. The minimum atomic E-state index is -1.42. The summed E-state index contributed by atoms with van der Waals surface area (Å²) in [5, 5.41) is 18.1. The first-order chi connectivity index (χ1) is 10.2. The monoisotopic (exact) mass is 324 g/mol. The Bertz CT molecular complexity index is 702. The van der Waals surface area contributed by atoms with E-state index in [4.69, 9.17) is 14.6 Å². The van der Waals surface area contributed by atoms with Gasteiger partial charge in [0.25, 0.3) is 0 Å². The number of furan rings is 1. The van der Waals surface area contributed by atoms with Crippen molar-refractivity contribution >= 4 is 31.4 Å². The van der Waals surface area contributed by atoms with E-state index >= 15 is 0 Å². The van der Waals surface area contributed by atoms with Gasteiger partial charge < -0.3 is 14.6 Å². The van der Waals surface area contributed by atoms with Crippen LogP contribution in [0.3, 0.4) is 0 Å². The van der Waals surface area contributed by atoms with E-state index < -0.39 is 21.6 Å². The van der Waals surface area contributed by atoms with Crippen LogP contribution in [0.15, 0.2) is 50.7 Å². The molecule has 0 amide bonds. The van der Waals surface area contributed by atoms with E-state index in [9.17, 15) is 8.42 Å². The Morgan fingerprint density at radius 2 is 1.24 bits per heavy atom. The van der Waals surface area contributed by atoms with Crippen molar-refractivity contribution in [2.24, 2.45) is 0 Å². The molecular weight excluding hydrogens is 312 g/mol. The largest absolute Gasteiger partial charge is 0.455 e. The molecule has 7 heteroatoms. The normalized spacial score (nSPS) is 24.7. The maximum Gasteiger partial charge on any atom is 0.144 e. The number of allylic oxidation sites excluding steroid dienone is 4. The second-order valence-electron chi connectivity index (χ2n) is 4.35. The molecule has 0 saturated heterocycles. The van der Waals surface area contributed by atoms with Crippen LogP contribution in [0.2, 0.25) is 0 Å². The zero-order chi connectivity index (χ0) is 15.0. The first-order valence-corrected chi connectivity index (χ1v) is 8.43. The van der Waals surface area contributed by atoms with Gasteiger partial charge in [-0.2, -0.15) is 0 Å². The summed E-state index contributed by atoms with van der Waals surface area (Å²) >= 11 is 0. The molecule has 0 bridgehead atoms. The molecule has 0 fully saturated rings. The zero-order valence-corrected chi connectivity index (χ0v) is 12.4. The van der Waals surface area contributed by atoms with Crippen LogP contribution in [0.5, 0.6) is 0 Å². The minimum absolute atomic E-state index is 0.265. The molecule has 2 aliphatic heterocycles. The van der Waals surface area contributed by atoms with Crippen LogP contribution in [0.4, 0.5) is 0 Å². The molecule has 21 heavy (non-hydrogen) atoms. The molecule has 0 aromatic carbocycles. The van der Waals surface area contributed by atoms with Gasteiger partial charge in [0.2, 0.25) is 0 Å². The lowest BCUT2D eigenvalue weighted by Crippen LogP contribution is -1.97. The molecule has 0 spiro atoms. The quantitative estimate of drug-likeness (QED) is 0.870. The molecule has 0 radical (unpaired) electrons. The van der Waals surface area contributed by atoms with Crippen LogP contribution in [0.1, 0.15) is 11.5 Å². The highest BCUT2D eigenvalue weighted by atomic mass is 32.2. The summed E-state index contributed by atoms with van der Waals surface area (Å²) in [7, 11) is -2.85. The molecule has 3 rings (SSSR count). The lowest BCUT2D eigenvalue weighted by atomic mass is 10.3. The maximum absolute atomic E-state index is 12.1. The van der Waals surface area contributed by atoms with Gasteiger partial charge in [0, 0.05) is 9.81 Å². The molecule has 2 atom stereocenters. The van der Waals surface area contributed by atoms with Crippen LogP contribution in [0, 0.1) is 0 Å². The average molecular weight is 324 g/mol. The van der Waals surface area contributed by atoms with E-state index in [0.717, 1.165) is 0 Å². The molecule has 5 nitrogen and oxygen atoms in total. The second-order valence-corrected chi connectivity index (χ2v) is 7.35. The number of rotatable bonds is 4. The molecule has 110 valence electrons. The Labute approximate surface area is 125 Å². The van der Waals surface area contributed by atoms with Gasteiger partial charge in [0.15, 0.2) is 0 Å². The van der Waals surface area contributed by atoms with E-state index in [1.807, 2.05) is 0 Å². The number of aliphatic hydroxyl groups excluding tert-OH is 2. The van der Waals surface area contributed by atoms with Crippen molar-refractivity contribution in [3.63, 3.8) is 0 Å². The molecule has 0 aliphatic carbocycles. The molecule has 3 heterocycles. The van der Waals surface area contributed by atoms with Crippen molar-refractivity contribution < 1.29 is 23.0 Å². The van der Waals surface area contributed by atoms with Gasteiger partial charge in [-0.3, -0.25) is 0 Å². The summed E-state index contributed by atoms with van der Waals surface area (Å²) in [6, 6.07) is 3.31. The fourth-order valence-corrected chi connectivity index (χ4v) is 4.19. The summed E-state index contributed by atoms with van der Waals surface area (Å²) in [5.74, 6) is 0.830. The summed E-state index contributed by atoms with van der Waals surface area (Å²) in [4.78, 5) is 1.81. The van der Waals surface area contributed by atoms with Crippen molar-refractivity contribution in [2.45, 2.75) is 0 Å². The predicted octanol–water partition coefficient (Wildman–Crippen LogP) is 1.24. The SMILES string of the molecule is O=S1C(CO)=CC=C1c1ccc(C2=CC=C(CO)S2=O)o1. The topological polar surface area (TPSA) is 87.7 Å². The van der Waals surface area contributed by atoms with Crippen molar-refractivity contribution in [2.75, 3.05) is 13.2 Å². The molecule has 2 N–H and O–H groups in total. The van der Waals surface area contributed by atoms with Crippen LogP contribution in [0.25, 0.3) is 9.81 Å². The Hall–Kier alpha value is -1.54. The second kappa shape index (κ2) is 5.69. The van der Waals surface area contributed by atoms with Crippen molar-refractivity contribution in [3.05, 3.63) is 57.8 Å². The summed E-state index contributed by atoms with van der Waals surface area (Å²) < 4.78 is 29.8. The number of hydrogen-bond donors (Lipinski definition) is 2. The van der Waals surface area contributed by atoms with Gasteiger partial charge >= 0.3 is 0 Å². The van der Waals surface area contributed by atoms with Gasteiger partial charge in [-0.1, -0.05) is 0 Å². The van der Waals surface area contributed by atoms with E-state index in [1.165, 1.54) is 0 Å². The average Bonchev–Trinajstić information content (AvgIpc) is 3.17. The molecule has 0 saturated carbocycles. The fraction of sp³-hybridized carbons (Fsp3) is 0.143. The van der Waals surface area contributed by atoms with E-state index in [-0.39, 0.29) is 13.2 Å². The minimum Gasteiger partial charge on any atom is -0.455 e. The maximum atomic E-state index is 12.1. The van der Waals surface area contributed by atoms with Crippen molar-refractivity contribution in [1.82, 2.24) is 0 Å². The predicted molar refractivity (Wildman–Crippen MR) is 81.3 cm³/mol. The highest BCUT2D eigenvalue weighted by Gasteiger charge is 2.25. The van der Waals surface area contributed by atoms with Gasteiger partial charge in [-0.15, -0.1) is 0 Å². The highest BCUT2D eigenvalue weighted by molar-refractivity contribution is 7.98. The summed E-state index contributed by atoms with van der Waals surface area (Å²) in [6.45, 7) is -0.530. The van der Waals surface area contributed by atoms with Gasteiger partial charge in [0.05, 0.1) is 44.6 Å². The van der Waals surface area contributed by atoms with Crippen LogP contribution in [-0.2, 0) is 21.6 Å². The van der Waals surface area contributed by atoms with Crippen molar-refractivity contribution in [1.29, 1.82) is 0 Å². The molecule has 1 aromatic rings. The third-order valence-electron chi connectivity index (χ3n) is 3.12. The van der Waals surface area contributed by atoms with Gasteiger partial charge in [-0.25, -0.2) is 8.42 Å². The van der Waals surface area contributed by atoms with Crippen LogP contribution < -0.4 is 0 Å². The third kappa shape index (κ3) is 2.42. The Kier molecular flexibility index (Phi) is 3.90. The first-order valence-electron chi connectivity index (χ1n) is 6.13. The fourth-order valence-electron chi connectivity index (χ4n) is 2.04. The van der Waals surface area contributed by atoms with Gasteiger partial charge in [0.1, 0.15) is 11.5 Å². The number of hydrogen-bond acceptors (Lipinski definition) is 5.